The van der Waals surface area contributed by atoms with Gasteiger partial charge in [0.1, 0.15) is 12.1 Å². The number of amides is 2. The van der Waals surface area contributed by atoms with Crippen LogP contribution in [-0.4, -0.2) is 57.6 Å². The van der Waals surface area contributed by atoms with Crippen LogP contribution in [0.15, 0.2) is 24.3 Å². The first-order valence-electron chi connectivity index (χ1n) is 8.14. The van der Waals surface area contributed by atoms with Gasteiger partial charge in [-0.05, 0) is 11.6 Å². The Hall–Kier alpha value is -2.62. The fraction of sp³-hybridized carbons (Fsp3) is 0.471. The topological polar surface area (TPSA) is 107 Å². The fourth-order valence-corrected chi connectivity index (χ4v) is 3.07. The molecule has 1 fully saturated rings. The molecule has 0 spiro atoms. The number of hydrogen-bond acceptors (Lipinski definition) is 4. The first kappa shape index (κ1) is 20.7. The Morgan fingerprint density at radius 1 is 1.30 bits per heavy atom. The molecule has 2 amide bonds. The van der Waals surface area contributed by atoms with Crippen molar-refractivity contribution in [2.24, 2.45) is 0 Å². The number of benzene rings is 1. The van der Waals surface area contributed by atoms with E-state index in [2.05, 4.69) is 5.32 Å². The number of nitrogens with one attached hydrogen (secondary N) is 1. The van der Waals surface area contributed by atoms with Crippen molar-refractivity contribution in [2.45, 2.75) is 44.1 Å². The second-order valence-electron chi connectivity index (χ2n) is 6.34. The third-order valence-corrected chi connectivity index (χ3v) is 4.35. The molecule has 0 radical (unpaired) electrons. The second kappa shape index (κ2) is 7.95. The summed E-state index contributed by atoms with van der Waals surface area (Å²) in [6.07, 6.45) is -6.24. The molecule has 1 saturated heterocycles. The Balaban J connectivity index is 2.19. The highest BCUT2D eigenvalue weighted by atomic mass is 19.4. The maximum atomic E-state index is 13.1. The van der Waals surface area contributed by atoms with Crippen LogP contribution in [0.4, 0.5) is 13.2 Å². The van der Waals surface area contributed by atoms with Gasteiger partial charge in [-0.2, -0.15) is 13.2 Å². The van der Waals surface area contributed by atoms with Crippen molar-refractivity contribution in [3.63, 3.8) is 0 Å². The Morgan fingerprint density at radius 3 is 2.48 bits per heavy atom. The van der Waals surface area contributed by atoms with E-state index in [1.54, 1.807) is 0 Å². The van der Waals surface area contributed by atoms with Gasteiger partial charge in [0.2, 0.25) is 11.8 Å². The second-order valence-corrected chi connectivity index (χ2v) is 6.34. The quantitative estimate of drug-likeness (QED) is 0.692. The fourth-order valence-electron chi connectivity index (χ4n) is 3.07. The number of likely N-dealkylation sites (tertiary alicyclic amines) is 1. The molecule has 27 heavy (non-hydrogen) atoms. The van der Waals surface area contributed by atoms with Crippen LogP contribution in [-0.2, 0) is 27.0 Å². The van der Waals surface area contributed by atoms with Gasteiger partial charge < -0.3 is 20.4 Å². The Morgan fingerprint density at radius 2 is 1.93 bits per heavy atom. The van der Waals surface area contributed by atoms with Gasteiger partial charge >= 0.3 is 12.1 Å². The third kappa shape index (κ3) is 4.97. The van der Waals surface area contributed by atoms with Gasteiger partial charge in [0.25, 0.3) is 0 Å². The van der Waals surface area contributed by atoms with Crippen LogP contribution in [0.25, 0.3) is 0 Å². The van der Waals surface area contributed by atoms with Crippen molar-refractivity contribution < 1.29 is 37.8 Å². The first-order chi connectivity index (χ1) is 12.5. The molecule has 0 unspecified atom stereocenters. The zero-order valence-electron chi connectivity index (χ0n) is 14.4. The van der Waals surface area contributed by atoms with Gasteiger partial charge in [0.15, 0.2) is 0 Å². The number of hydrogen-bond donors (Lipinski definition) is 3. The first-order valence-corrected chi connectivity index (χ1v) is 8.14. The minimum atomic E-state index is -4.66. The molecule has 0 aliphatic carbocycles. The molecule has 10 heteroatoms. The van der Waals surface area contributed by atoms with E-state index in [0.717, 1.165) is 17.0 Å². The summed E-state index contributed by atoms with van der Waals surface area (Å²) in [6, 6.07) is 1.82. The van der Waals surface area contributed by atoms with Crippen LogP contribution >= 0.6 is 0 Å². The number of rotatable bonds is 5. The van der Waals surface area contributed by atoms with Gasteiger partial charge in [-0.25, -0.2) is 4.79 Å². The summed E-state index contributed by atoms with van der Waals surface area (Å²) in [7, 11) is 0. The van der Waals surface area contributed by atoms with E-state index in [0.29, 0.717) is 0 Å². The zero-order valence-corrected chi connectivity index (χ0v) is 14.4. The van der Waals surface area contributed by atoms with Crippen molar-refractivity contribution in [1.29, 1.82) is 0 Å². The summed E-state index contributed by atoms with van der Waals surface area (Å²) < 4.78 is 39.3. The number of aliphatic hydroxyl groups excluding tert-OH is 1. The Kier molecular flexibility index (Phi) is 6.09. The third-order valence-electron chi connectivity index (χ3n) is 4.35. The lowest BCUT2D eigenvalue weighted by molar-refractivity contribution is -0.144. The number of aliphatic carboxylic acids is 1. The molecule has 1 heterocycles. The van der Waals surface area contributed by atoms with Crippen LogP contribution in [0.3, 0.4) is 0 Å². The van der Waals surface area contributed by atoms with Gasteiger partial charge in [-0.1, -0.05) is 18.2 Å². The van der Waals surface area contributed by atoms with E-state index in [1.165, 1.54) is 19.1 Å². The lowest BCUT2D eigenvalue weighted by atomic mass is 9.99. The minimum Gasteiger partial charge on any atom is -0.480 e. The molecule has 148 valence electrons. The average molecular weight is 388 g/mol. The summed E-state index contributed by atoms with van der Waals surface area (Å²) in [5.74, 6) is -2.81. The molecule has 0 saturated carbocycles. The summed E-state index contributed by atoms with van der Waals surface area (Å²) in [6.45, 7) is 1.13. The molecule has 7 nitrogen and oxygen atoms in total. The smallest absolute Gasteiger partial charge is 0.416 e. The number of aliphatic hydroxyl groups is 1. The van der Waals surface area contributed by atoms with Gasteiger partial charge in [-0.15, -0.1) is 0 Å². The zero-order chi connectivity index (χ0) is 20.4. The van der Waals surface area contributed by atoms with Crippen molar-refractivity contribution in [1.82, 2.24) is 10.2 Å². The number of β-amino-alcohol motifs (C(OH)–C–C–N with tert-alkyl or cyclic N) is 1. The average Bonchev–Trinajstić information content (AvgIpc) is 2.96. The molecule has 0 bridgehead atoms. The lowest BCUT2D eigenvalue weighted by Crippen LogP contribution is -2.51. The van der Waals surface area contributed by atoms with Crippen LogP contribution in [0.1, 0.15) is 24.5 Å². The van der Waals surface area contributed by atoms with Crippen molar-refractivity contribution >= 4 is 17.8 Å². The number of halogens is 3. The van der Waals surface area contributed by atoms with Crippen LogP contribution in [0.2, 0.25) is 0 Å². The highest BCUT2D eigenvalue weighted by molar-refractivity contribution is 5.90. The summed E-state index contributed by atoms with van der Waals surface area (Å²) in [5, 5.41) is 21.2. The maximum absolute atomic E-state index is 13.1. The van der Waals surface area contributed by atoms with Gasteiger partial charge in [0.05, 0.1) is 11.7 Å². The van der Waals surface area contributed by atoms with E-state index < -0.39 is 54.1 Å². The number of nitrogens with zero attached hydrogens (tertiary/aromatic N) is 1. The monoisotopic (exact) mass is 388 g/mol. The molecule has 1 aromatic rings. The Bertz CT molecular complexity index is 738. The highest BCUT2D eigenvalue weighted by Gasteiger charge is 2.39. The molecule has 1 aliphatic rings. The Labute approximate surface area is 152 Å². The lowest BCUT2D eigenvalue weighted by Gasteiger charge is -2.24. The van der Waals surface area contributed by atoms with Crippen molar-refractivity contribution in [3.8, 4) is 0 Å². The molecule has 3 atom stereocenters. The normalized spacial score (nSPS) is 21.0. The van der Waals surface area contributed by atoms with Crippen molar-refractivity contribution in [3.05, 3.63) is 35.4 Å². The van der Waals surface area contributed by atoms with E-state index >= 15 is 0 Å². The highest BCUT2D eigenvalue weighted by Crippen LogP contribution is 2.32. The maximum Gasteiger partial charge on any atom is 0.416 e. The molecule has 1 aromatic carbocycles. The van der Waals surface area contributed by atoms with E-state index in [9.17, 15) is 37.8 Å². The predicted octanol–water partition coefficient (Wildman–Crippen LogP) is 0.799. The van der Waals surface area contributed by atoms with E-state index in [4.69, 9.17) is 0 Å². The van der Waals surface area contributed by atoms with E-state index in [-0.39, 0.29) is 18.5 Å². The summed E-state index contributed by atoms with van der Waals surface area (Å²) in [4.78, 5) is 36.5. The molecular weight excluding hydrogens is 369 g/mol. The molecule has 2 rings (SSSR count). The number of alkyl halides is 3. The van der Waals surface area contributed by atoms with Gasteiger partial charge in [0, 0.05) is 26.3 Å². The number of carboxylic acids is 1. The van der Waals surface area contributed by atoms with Crippen LogP contribution in [0.5, 0.6) is 0 Å². The predicted molar refractivity (Wildman–Crippen MR) is 86.5 cm³/mol. The van der Waals surface area contributed by atoms with Crippen LogP contribution in [0, 0.1) is 0 Å². The minimum absolute atomic E-state index is 0.0674. The summed E-state index contributed by atoms with van der Waals surface area (Å²) >= 11 is 0. The molecular formula is C17H19F3N2O5. The number of carbonyl (C=O) groups excluding carboxylic acids is 2. The number of carbonyl (C=O) groups is 3. The standard InChI is InChI=1S/C17H19F3N2O5/c1-9(23)22-8-11(24)7-14(22)15(25)21-13(16(26)27)6-10-4-2-3-5-12(10)17(18,19)20/h2-5,11,13-14,24H,6-8H2,1H3,(H,21,25)(H,26,27)/t11-,13-,14+/m1/s1. The van der Waals surface area contributed by atoms with Gasteiger partial charge in [-0.3, -0.25) is 9.59 Å². The SMILES string of the molecule is CC(=O)N1C[C@H](O)C[C@H]1C(=O)N[C@H](Cc1ccccc1C(F)(F)F)C(=O)O. The largest absolute Gasteiger partial charge is 0.480 e. The number of carboxylic acid groups (broad SMARTS) is 1. The summed E-state index contributed by atoms with van der Waals surface area (Å²) in [5.41, 5.74) is -1.25. The van der Waals surface area contributed by atoms with Crippen molar-refractivity contribution in [2.75, 3.05) is 6.54 Å². The molecule has 1 aliphatic heterocycles. The van der Waals surface area contributed by atoms with Crippen LogP contribution < -0.4 is 5.32 Å². The molecule has 0 aromatic heterocycles. The molecule has 3 N–H and O–H groups in total. The van der Waals surface area contributed by atoms with E-state index in [1.807, 2.05) is 0 Å².